The zero-order chi connectivity index (χ0) is 42.2. The Hall–Kier alpha value is -5.62. The van der Waals surface area contributed by atoms with Gasteiger partial charge in [0.25, 0.3) is 11.8 Å². The molecule has 19 heteroatoms. The molecule has 0 saturated carbocycles. The number of nitrogens with zero attached hydrogens (tertiary/aromatic N) is 5. The van der Waals surface area contributed by atoms with Crippen molar-refractivity contribution < 1.29 is 47.8 Å². The second-order valence-electron chi connectivity index (χ2n) is 16.3. The number of ether oxygens (including phenoxy) is 3. The van der Waals surface area contributed by atoms with Gasteiger partial charge < -0.3 is 44.0 Å². The highest BCUT2D eigenvalue weighted by atomic mass is 35.5. The van der Waals surface area contributed by atoms with Crippen molar-refractivity contribution in [3.05, 3.63) is 46.5 Å². The molecule has 2 unspecified atom stereocenters. The number of hydrogen-bond acceptors (Lipinski definition) is 13. The maximum Gasteiger partial charge on any atom is 0.410 e. The minimum Gasteiger partial charge on any atom is -0.494 e. The fourth-order valence-electron chi connectivity index (χ4n) is 8.52. The molecule has 4 fully saturated rings. The lowest BCUT2D eigenvalue weighted by Crippen LogP contribution is -2.52. The first-order valence-electron chi connectivity index (χ1n) is 20.1. The SMILES string of the molecule is C.C.COc1c(N2CCN(C(=O)OC(C)(C)C)CC2)ccc2c1CN(C1CCC(=O)NC1=O)C2=O.COc1c(N2CCNCC2)ccc2c1CN(C1CCC(=O)NC1=O)C2=O.Cl. The van der Waals surface area contributed by atoms with Gasteiger partial charge >= 0.3 is 6.09 Å². The van der Waals surface area contributed by atoms with Crippen LogP contribution in [-0.4, -0.2) is 140 Å². The van der Waals surface area contributed by atoms with Gasteiger partial charge in [0.1, 0.15) is 29.2 Å². The third kappa shape index (κ3) is 9.86. The lowest BCUT2D eigenvalue weighted by Gasteiger charge is -2.37. The van der Waals surface area contributed by atoms with E-state index in [9.17, 15) is 33.6 Å². The van der Waals surface area contributed by atoms with E-state index in [0.29, 0.717) is 68.2 Å². The van der Waals surface area contributed by atoms with E-state index in [4.69, 9.17) is 14.2 Å². The molecular formula is C43H61ClN8O10. The molecule has 7 amide bonds. The monoisotopic (exact) mass is 884 g/mol. The van der Waals surface area contributed by atoms with Crippen LogP contribution in [0.4, 0.5) is 16.2 Å². The zero-order valence-corrected chi connectivity index (χ0v) is 35.4. The van der Waals surface area contributed by atoms with E-state index < -0.39 is 29.5 Å². The Morgan fingerprint density at radius 1 is 0.645 bits per heavy atom. The molecule has 340 valence electrons. The Balaban J connectivity index is 0.000000266. The predicted molar refractivity (Wildman–Crippen MR) is 234 cm³/mol. The quantitative estimate of drug-likeness (QED) is 0.358. The normalized spacial score (nSPS) is 21.0. The molecule has 8 rings (SSSR count). The second kappa shape index (κ2) is 20.0. The molecule has 6 aliphatic heterocycles. The number of halogens is 1. The van der Waals surface area contributed by atoms with E-state index in [1.807, 2.05) is 39.0 Å². The average molecular weight is 885 g/mol. The number of imide groups is 2. The summed E-state index contributed by atoms with van der Waals surface area (Å²) < 4.78 is 16.9. The molecule has 2 aromatic rings. The predicted octanol–water partition coefficient (Wildman–Crippen LogP) is 3.07. The van der Waals surface area contributed by atoms with Gasteiger partial charge in [0, 0.05) is 87.5 Å². The fraction of sp³-hybridized carbons (Fsp3) is 0.558. The van der Waals surface area contributed by atoms with E-state index >= 15 is 0 Å². The molecule has 0 spiro atoms. The number of methoxy groups -OCH3 is 2. The standard InChI is InChI=1S/C23H30N4O6.C18H22N4O4.2CH4.ClH/c1-23(2,3)33-22(31)26-11-9-25(10-12-26)16-6-5-14-15(19(16)32-4)13-27(21(14)30)17-7-8-18(28)24-20(17)29;1-26-16-12-10-22(14-4-5-15(23)20-17(14)24)18(25)11(12)2-3-13(16)21-8-6-19-7-9-21;;;/h5-6,17H,7-13H2,1-4H3,(H,24,28,29);2-3,14,19H,4-10H2,1H3,(H,20,23,24);2*1H4;1H. The summed E-state index contributed by atoms with van der Waals surface area (Å²) in [5, 5.41) is 7.97. The van der Waals surface area contributed by atoms with Crippen LogP contribution in [-0.2, 0) is 37.0 Å². The Bertz CT molecular complexity index is 2060. The van der Waals surface area contributed by atoms with Gasteiger partial charge in [-0.15, -0.1) is 12.4 Å². The minimum absolute atomic E-state index is 0. The first kappa shape index (κ1) is 49.0. The van der Waals surface area contributed by atoms with Gasteiger partial charge in [-0.1, -0.05) is 14.9 Å². The van der Waals surface area contributed by atoms with Crippen molar-refractivity contribution in [1.82, 2.24) is 30.7 Å². The highest BCUT2D eigenvalue weighted by Gasteiger charge is 2.43. The Labute approximate surface area is 369 Å². The number of nitrogens with one attached hydrogen (secondary N) is 3. The molecule has 0 aromatic heterocycles. The van der Waals surface area contributed by atoms with Crippen molar-refractivity contribution in [3.63, 3.8) is 0 Å². The van der Waals surface area contributed by atoms with Crippen molar-refractivity contribution in [1.29, 1.82) is 0 Å². The molecule has 0 bridgehead atoms. The smallest absolute Gasteiger partial charge is 0.410 e. The first-order chi connectivity index (χ1) is 28.2. The molecule has 18 nitrogen and oxygen atoms in total. The van der Waals surface area contributed by atoms with Crippen molar-refractivity contribution >= 4 is 65.3 Å². The van der Waals surface area contributed by atoms with Crippen LogP contribution in [0.25, 0.3) is 0 Å². The summed E-state index contributed by atoms with van der Waals surface area (Å²) in [4.78, 5) is 94.8. The topological polar surface area (TPSA) is 199 Å². The van der Waals surface area contributed by atoms with Crippen molar-refractivity contribution in [2.45, 2.75) is 92.1 Å². The molecule has 4 saturated heterocycles. The Morgan fingerprint density at radius 3 is 1.45 bits per heavy atom. The number of anilines is 2. The lowest BCUT2D eigenvalue weighted by molar-refractivity contribution is -0.138. The van der Waals surface area contributed by atoms with Crippen LogP contribution >= 0.6 is 12.4 Å². The minimum atomic E-state index is -0.673. The highest BCUT2D eigenvalue weighted by Crippen LogP contribution is 2.42. The van der Waals surface area contributed by atoms with Crippen LogP contribution in [0.2, 0.25) is 0 Å². The molecule has 62 heavy (non-hydrogen) atoms. The molecule has 6 aliphatic rings. The third-order valence-corrected chi connectivity index (χ3v) is 11.4. The summed E-state index contributed by atoms with van der Waals surface area (Å²) in [7, 11) is 3.18. The number of carbonyl (C=O) groups excluding carboxylic acids is 7. The van der Waals surface area contributed by atoms with Crippen molar-refractivity contribution in [2.24, 2.45) is 0 Å². The van der Waals surface area contributed by atoms with Gasteiger partial charge in [0.2, 0.25) is 23.6 Å². The summed E-state index contributed by atoms with van der Waals surface area (Å²) in [6, 6.07) is 6.08. The first-order valence-corrected chi connectivity index (χ1v) is 20.1. The van der Waals surface area contributed by atoms with Gasteiger partial charge in [-0.05, 0) is 57.9 Å². The number of hydrogen-bond donors (Lipinski definition) is 3. The largest absolute Gasteiger partial charge is 0.494 e. The molecule has 2 atom stereocenters. The molecular weight excluding hydrogens is 824 g/mol. The van der Waals surface area contributed by atoms with E-state index in [2.05, 4.69) is 25.8 Å². The van der Waals surface area contributed by atoms with E-state index in [1.54, 1.807) is 30.1 Å². The number of amides is 7. The van der Waals surface area contributed by atoms with E-state index in [-0.39, 0.29) is 76.4 Å². The van der Waals surface area contributed by atoms with Gasteiger partial charge in [-0.25, -0.2) is 4.79 Å². The van der Waals surface area contributed by atoms with Gasteiger partial charge in [0.05, 0.1) is 38.7 Å². The van der Waals surface area contributed by atoms with Gasteiger partial charge in [-0.3, -0.25) is 39.4 Å². The number of fused-ring (bicyclic) bond motifs is 2. The maximum atomic E-state index is 13.0. The van der Waals surface area contributed by atoms with Crippen LogP contribution < -0.4 is 35.2 Å². The van der Waals surface area contributed by atoms with Crippen molar-refractivity contribution in [2.75, 3.05) is 76.4 Å². The molecule has 2 aromatic carbocycles. The maximum absolute atomic E-state index is 13.0. The summed E-state index contributed by atoms with van der Waals surface area (Å²) in [6.07, 6.45) is 0.804. The number of benzene rings is 2. The van der Waals surface area contributed by atoms with Gasteiger partial charge in [0.15, 0.2) is 0 Å². The van der Waals surface area contributed by atoms with Crippen LogP contribution in [0.1, 0.15) is 93.2 Å². The van der Waals surface area contributed by atoms with Crippen LogP contribution in [0.3, 0.4) is 0 Å². The lowest BCUT2D eigenvalue weighted by atomic mass is 10.0. The number of rotatable bonds is 6. The summed E-state index contributed by atoms with van der Waals surface area (Å²) in [5.41, 5.74) is 3.91. The highest BCUT2D eigenvalue weighted by molar-refractivity contribution is 6.07. The summed E-state index contributed by atoms with van der Waals surface area (Å²) in [5.74, 6) is -0.555. The summed E-state index contributed by atoms with van der Waals surface area (Å²) >= 11 is 0. The third-order valence-electron chi connectivity index (χ3n) is 11.4. The fourth-order valence-corrected chi connectivity index (χ4v) is 8.52. The van der Waals surface area contributed by atoms with Crippen LogP contribution in [0.15, 0.2) is 24.3 Å². The molecule has 0 radical (unpaired) electrons. The van der Waals surface area contributed by atoms with Gasteiger partial charge in [-0.2, -0.15) is 0 Å². The average Bonchev–Trinajstić information content (AvgIpc) is 3.72. The summed E-state index contributed by atoms with van der Waals surface area (Å²) in [6.45, 7) is 11.9. The Morgan fingerprint density at radius 2 is 1.06 bits per heavy atom. The van der Waals surface area contributed by atoms with E-state index in [0.717, 1.165) is 48.7 Å². The number of carbonyl (C=O) groups is 7. The van der Waals surface area contributed by atoms with Crippen LogP contribution in [0, 0.1) is 0 Å². The second-order valence-corrected chi connectivity index (χ2v) is 16.3. The number of piperidine rings is 2. The molecule has 3 N–H and O–H groups in total. The van der Waals surface area contributed by atoms with Crippen molar-refractivity contribution in [3.8, 4) is 11.5 Å². The zero-order valence-electron chi connectivity index (χ0n) is 34.6. The van der Waals surface area contributed by atoms with E-state index in [1.165, 1.54) is 4.90 Å². The van der Waals surface area contributed by atoms with Crippen LogP contribution in [0.5, 0.6) is 11.5 Å². The molecule has 6 heterocycles. The Kier molecular flexibility index (Phi) is 15.9. The number of piperazine rings is 2. The molecule has 0 aliphatic carbocycles.